The van der Waals surface area contributed by atoms with Crippen LogP contribution in [0.1, 0.15) is 32.1 Å². The van der Waals surface area contributed by atoms with E-state index >= 15 is 0 Å². The Labute approximate surface area is 174 Å². The molecule has 9 heteroatoms. The highest BCUT2D eigenvalue weighted by atomic mass is 35.5. The van der Waals surface area contributed by atoms with Gasteiger partial charge in [0.15, 0.2) is 12.0 Å². The molecule has 29 heavy (non-hydrogen) atoms. The van der Waals surface area contributed by atoms with E-state index in [-0.39, 0.29) is 28.5 Å². The van der Waals surface area contributed by atoms with Gasteiger partial charge in [0.1, 0.15) is 22.3 Å². The summed E-state index contributed by atoms with van der Waals surface area (Å²) in [7, 11) is 3.12. The Kier molecular flexibility index (Phi) is 5.77. The van der Waals surface area contributed by atoms with Gasteiger partial charge in [-0.25, -0.2) is 0 Å². The number of halogens is 1. The van der Waals surface area contributed by atoms with Gasteiger partial charge in [0, 0.05) is 29.7 Å². The van der Waals surface area contributed by atoms with Gasteiger partial charge in [-0.3, -0.25) is 9.69 Å². The van der Waals surface area contributed by atoms with Crippen LogP contribution in [0.4, 0.5) is 5.82 Å². The zero-order valence-electron chi connectivity index (χ0n) is 16.9. The standard InChI is InChI=1S/C20H24ClN3O5/c1-20(2,3)14-9-15(23-29-14)24-18(25)16(21)17(19(24)26)22-10-11-6-7-12(27-4)8-13(11)28-5/h6-9,19,22,26H,10H2,1-5H3. The Morgan fingerprint density at radius 2 is 2.00 bits per heavy atom. The number of methoxy groups -OCH3 is 2. The highest BCUT2D eigenvalue weighted by Crippen LogP contribution is 2.33. The highest BCUT2D eigenvalue weighted by molar-refractivity contribution is 6.45. The normalized spacial score (nSPS) is 17.1. The quantitative estimate of drug-likeness (QED) is 0.740. The third kappa shape index (κ3) is 4.04. The van der Waals surface area contributed by atoms with Crippen LogP contribution in [-0.4, -0.2) is 36.6 Å². The van der Waals surface area contributed by atoms with Crippen molar-refractivity contribution in [3.05, 3.63) is 46.3 Å². The van der Waals surface area contributed by atoms with E-state index in [0.717, 1.165) is 10.5 Å². The summed E-state index contributed by atoms with van der Waals surface area (Å²) in [5, 5.41) is 17.6. The molecule has 1 aliphatic heterocycles. The maximum absolute atomic E-state index is 12.6. The largest absolute Gasteiger partial charge is 0.497 e. The predicted molar refractivity (Wildman–Crippen MR) is 108 cm³/mol. The van der Waals surface area contributed by atoms with Crippen LogP contribution in [0, 0.1) is 0 Å². The van der Waals surface area contributed by atoms with Crippen LogP contribution < -0.4 is 19.7 Å². The van der Waals surface area contributed by atoms with Gasteiger partial charge in [0.25, 0.3) is 5.91 Å². The van der Waals surface area contributed by atoms with E-state index in [4.69, 9.17) is 25.6 Å². The number of carbonyl (C=O) groups is 1. The minimum Gasteiger partial charge on any atom is -0.497 e. The number of nitrogens with one attached hydrogen (secondary N) is 1. The zero-order chi connectivity index (χ0) is 21.3. The summed E-state index contributed by atoms with van der Waals surface area (Å²) in [6.45, 7) is 6.16. The van der Waals surface area contributed by atoms with Crippen molar-refractivity contribution in [1.29, 1.82) is 0 Å². The number of benzene rings is 1. The number of carbonyl (C=O) groups excluding carboxylic acids is 1. The second-order valence-corrected chi connectivity index (χ2v) is 7.99. The van der Waals surface area contributed by atoms with Crippen LogP contribution in [0.25, 0.3) is 0 Å². The Morgan fingerprint density at radius 1 is 1.28 bits per heavy atom. The van der Waals surface area contributed by atoms with Crippen LogP contribution in [0.3, 0.4) is 0 Å². The zero-order valence-corrected chi connectivity index (χ0v) is 17.7. The SMILES string of the molecule is COc1ccc(CNC2=C(Cl)C(=O)N(c3cc(C(C)(C)C)on3)C2O)c(OC)c1. The molecule has 2 N–H and O–H groups in total. The molecule has 0 fully saturated rings. The molecule has 0 saturated carbocycles. The second-order valence-electron chi connectivity index (χ2n) is 7.61. The lowest BCUT2D eigenvalue weighted by atomic mass is 9.93. The van der Waals surface area contributed by atoms with E-state index in [9.17, 15) is 9.90 Å². The van der Waals surface area contributed by atoms with E-state index < -0.39 is 12.1 Å². The molecule has 1 aromatic heterocycles. The number of hydrogen-bond donors (Lipinski definition) is 2. The van der Waals surface area contributed by atoms with Gasteiger partial charge in [-0.15, -0.1) is 0 Å². The van der Waals surface area contributed by atoms with Gasteiger partial charge in [-0.2, -0.15) is 0 Å². The molecule has 156 valence electrons. The summed E-state index contributed by atoms with van der Waals surface area (Å²) in [5.41, 5.74) is 0.706. The topological polar surface area (TPSA) is 97.1 Å². The molecule has 3 rings (SSSR count). The number of rotatable bonds is 6. The lowest BCUT2D eigenvalue weighted by molar-refractivity contribution is -0.115. The van der Waals surface area contributed by atoms with Gasteiger partial charge in [-0.05, 0) is 12.1 Å². The van der Waals surface area contributed by atoms with Gasteiger partial charge >= 0.3 is 0 Å². The highest BCUT2D eigenvalue weighted by Gasteiger charge is 2.40. The summed E-state index contributed by atoms with van der Waals surface area (Å²) in [4.78, 5) is 13.7. The summed E-state index contributed by atoms with van der Waals surface area (Å²) in [6, 6.07) is 6.99. The molecule has 0 aliphatic carbocycles. The van der Waals surface area contributed by atoms with E-state index in [1.54, 1.807) is 32.4 Å². The maximum Gasteiger partial charge on any atom is 0.275 e. The number of hydrogen-bond acceptors (Lipinski definition) is 7. The van der Waals surface area contributed by atoms with Crippen molar-refractivity contribution in [2.45, 2.75) is 39.0 Å². The molecule has 1 aliphatic rings. The molecule has 0 saturated heterocycles. The summed E-state index contributed by atoms with van der Waals surface area (Å²) >= 11 is 6.21. The molecular weight excluding hydrogens is 398 g/mol. The number of aromatic nitrogens is 1. The Morgan fingerprint density at radius 3 is 2.59 bits per heavy atom. The molecule has 8 nitrogen and oxygen atoms in total. The third-order valence-electron chi connectivity index (χ3n) is 4.59. The molecule has 2 heterocycles. The van der Waals surface area contributed by atoms with E-state index in [1.807, 2.05) is 26.8 Å². The molecule has 2 aromatic rings. The molecule has 1 atom stereocenters. The Bertz CT molecular complexity index is 948. The molecule has 1 unspecified atom stereocenters. The minimum absolute atomic E-state index is 0.106. The second kappa shape index (κ2) is 7.96. The number of anilines is 1. The minimum atomic E-state index is -1.31. The first-order valence-corrected chi connectivity index (χ1v) is 9.38. The predicted octanol–water partition coefficient (Wildman–Crippen LogP) is 2.89. The first-order chi connectivity index (χ1) is 13.7. The molecule has 1 aromatic carbocycles. The van der Waals surface area contributed by atoms with Gasteiger partial charge in [-0.1, -0.05) is 37.5 Å². The number of nitrogens with zero attached hydrogens (tertiary/aromatic N) is 2. The fourth-order valence-electron chi connectivity index (χ4n) is 2.89. The summed E-state index contributed by atoms with van der Waals surface area (Å²) < 4.78 is 15.9. The van der Waals surface area contributed by atoms with Crippen molar-refractivity contribution in [2.24, 2.45) is 0 Å². The number of aliphatic hydroxyl groups is 1. The smallest absolute Gasteiger partial charge is 0.275 e. The first kappa shape index (κ1) is 21.0. The molecule has 0 spiro atoms. The van der Waals surface area contributed by atoms with Gasteiger partial charge < -0.3 is 24.4 Å². The Balaban J connectivity index is 1.79. The van der Waals surface area contributed by atoms with Crippen molar-refractivity contribution in [3.63, 3.8) is 0 Å². The first-order valence-electron chi connectivity index (χ1n) is 9.00. The summed E-state index contributed by atoms with van der Waals surface area (Å²) in [5.74, 6) is 1.50. The molecule has 0 bridgehead atoms. The monoisotopic (exact) mass is 421 g/mol. The van der Waals surface area contributed by atoms with Crippen molar-refractivity contribution in [3.8, 4) is 11.5 Å². The third-order valence-corrected chi connectivity index (χ3v) is 4.96. The number of aliphatic hydroxyl groups excluding tert-OH is 1. The Hall–Kier alpha value is -2.71. The van der Waals surface area contributed by atoms with Crippen LogP contribution in [-0.2, 0) is 16.8 Å². The van der Waals surface area contributed by atoms with E-state index in [2.05, 4.69) is 10.5 Å². The van der Waals surface area contributed by atoms with Gasteiger partial charge in [0.2, 0.25) is 0 Å². The molecule has 1 amide bonds. The van der Waals surface area contributed by atoms with Crippen molar-refractivity contribution in [2.75, 3.05) is 19.1 Å². The van der Waals surface area contributed by atoms with Gasteiger partial charge in [0.05, 0.1) is 19.9 Å². The lowest BCUT2D eigenvalue weighted by Gasteiger charge is -2.20. The average Bonchev–Trinajstić information content (AvgIpc) is 3.24. The average molecular weight is 422 g/mol. The number of ether oxygens (including phenoxy) is 2. The van der Waals surface area contributed by atoms with Crippen molar-refractivity contribution in [1.82, 2.24) is 10.5 Å². The fourth-order valence-corrected chi connectivity index (χ4v) is 3.15. The van der Waals surface area contributed by atoms with E-state index in [1.165, 1.54) is 0 Å². The van der Waals surface area contributed by atoms with Crippen molar-refractivity contribution >= 4 is 23.3 Å². The fraction of sp³-hybridized carbons (Fsp3) is 0.400. The summed E-state index contributed by atoms with van der Waals surface area (Å²) in [6.07, 6.45) is -1.31. The van der Waals surface area contributed by atoms with Crippen molar-refractivity contribution < 1.29 is 23.9 Å². The molecular formula is C20H24ClN3O5. The van der Waals surface area contributed by atoms with Crippen LogP contribution in [0.15, 0.2) is 39.5 Å². The number of amides is 1. The lowest BCUT2D eigenvalue weighted by Crippen LogP contribution is -2.38. The van der Waals surface area contributed by atoms with Crippen LogP contribution in [0.2, 0.25) is 0 Å². The van der Waals surface area contributed by atoms with E-state index in [0.29, 0.717) is 17.3 Å². The molecule has 0 radical (unpaired) electrons. The van der Waals surface area contributed by atoms with Crippen LogP contribution in [0.5, 0.6) is 11.5 Å². The van der Waals surface area contributed by atoms with Crippen LogP contribution >= 0.6 is 11.6 Å². The maximum atomic E-state index is 12.6.